The van der Waals surface area contributed by atoms with E-state index in [1.165, 1.54) is 19.3 Å². The van der Waals surface area contributed by atoms with E-state index in [1.807, 2.05) is 24.3 Å². The van der Waals surface area contributed by atoms with Crippen LogP contribution in [0.1, 0.15) is 19.3 Å². The molecule has 116 valence electrons. The highest BCUT2D eigenvalue weighted by atomic mass is 35.5. The lowest BCUT2D eigenvalue weighted by atomic mass is 10.0. The van der Waals surface area contributed by atoms with E-state index in [0.29, 0.717) is 0 Å². The van der Waals surface area contributed by atoms with Gasteiger partial charge in [-0.2, -0.15) is 10.2 Å². The van der Waals surface area contributed by atoms with Crippen molar-refractivity contribution < 1.29 is 0 Å². The lowest BCUT2D eigenvalue weighted by molar-refractivity contribution is 0.574. The number of benzene rings is 1. The maximum atomic E-state index is 6.03. The zero-order chi connectivity index (χ0) is 15.6. The molecule has 5 heteroatoms. The molecular weight excluding hydrogens is 308 g/mol. The molecule has 4 rings (SSSR count). The normalized spacial score (nSPS) is 15.1. The minimum Gasteiger partial charge on any atom is -0.357 e. The quantitative estimate of drug-likeness (QED) is 0.703. The van der Waals surface area contributed by atoms with Gasteiger partial charge in [-0.3, -0.25) is 0 Å². The Bertz CT molecular complexity index is 826. The van der Waals surface area contributed by atoms with Gasteiger partial charge < -0.3 is 4.90 Å². The molecule has 0 N–H and O–H groups in total. The van der Waals surface area contributed by atoms with Crippen molar-refractivity contribution in [1.29, 1.82) is 0 Å². The Morgan fingerprint density at radius 2 is 1.65 bits per heavy atom. The maximum absolute atomic E-state index is 6.03. The van der Waals surface area contributed by atoms with E-state index in [0.717, 1.165) is 46.0 Å². The zero-order valence-corrected chi connectivity index (χ0v) is 13.5. The molecule has 23 heavy (non-hydrogen) atoms. The first-order chi connectivity index (χ1) is 11.3. The van der Waals surface area contributed by atoms with Crippen LogP contribution in [0.15, 0.2) is 42.7 Å². The largest absolute Gasteiger partial charge is 0.357 e. The van der Waals surface area contributed by atoms with Crippen molar-refractivity contribution in [3.63, 3.8) is 0 Å². The van der Waals surface area contributed by atoms with Crippen LogP contribution < -0.4 is 4.90 Å². The van der Waals surface area contributed by atoms with Crippen LogP contribution in [-0.2, 0) is 0 Å². The number of hydrogen-bond donors (Lipinski definition) is 0. The molecule has 1 saturated heterocycles. The third-order valence-corrected chi connectivity index (χ3v) is 4.60. The molecular formula is C18H17ClN4. The highest BCUT2D eigenvalue weighted by Crippen LogP contribution is 2.32. The summed E-state index contributed by atoms with van der Waals surface area (Å²) >= 11 is 6.03. The standard InChI is InChI=1S/C18H17ClN4/c19-14-6-4-13(5-7-14)15-10-18(23-8-2-1-3-9-23)22-17-12-21-20-11-16(15)17/h4-7,10-12H,1-3,8-9H2. The Hall–Kier alpha value is -2.20. The molecule has 2 aromatic heterocycles. The summed E-state index contributed by atoms with van der Waals surface area (Å²) < 4.78 is 0. The second-order valence-corrected chi connectivity index (χ2v) is 6.31. The van der Waals surface area contributed by atoms with Gasteiger partial charge in [-0.25, -0.2) is 4.98 Å². The molecule has 3 heterocycles. The number of rotatable bonds is 2. The van der Waals surface area contributed by atoms with E-state index in [2.05, 4.69) is 21.2 Å². The van der Waals surface area contributed by atoms with Crippen molar-refractivity contribution in [2.75, 3.05) is 18.0 Å². The summed E-state index contributed by atoms with van der Waals surface area (Å²) in [5, 5.41) is 9.78. The Labute approximate surface area is 140 Å². The summed E-state index contributed by atoms with van der Waals surface area (Å²) in [4.78, 5) is 7.16. The van der Waals surface area contributed by atoms with Crippen LogP contribution in [0.2, 0.25) is 5.02 Å². The molecule has 0 atom stereocenters. The Balaban J connectivity index is 1.88. The summed E-state index contributed by atoms with van der Waals surface area (Å²) in [7, 11) is 0. The Morgan fingerprint density at radius 3 is 2.43 bits per heavy atom. The van der Waals surface area contributed by atoms with Crippen molar-refractivity contribution >= 4 is 28.3 Å². The molecule has 0 bridgehead atoms. The molecule has 1 fully saturated rings. The third kappa shape index (κ3) is 2.86. The number of halogens is 1. The van der Waals surface area contributed by atoms with Gasteiger partial charge in [0.15, 0.2) is 0 Å². The van der Waals surface area contributed by atoms with Crippen molar-refractivity contribution in [1.82, 2.24) is 15.2 Å². The molecule has 1 aromatic carbocycles. The van der Waals surface area contributed by atoms with Crippen LogP contribution in [0.3, 0.4) is 0 Å². The Kier molecular flexibility index (Phi) is 3.83. The second kappa shape index (κ2) is 6.13. The molecule has 4 nitrogen and oxygen atoms in total. The van der Waals surface area contributed by atoms with Crippen LogP contribution in [0.4, 0.5) is 5.82 Å². The van der Waals surface area contributed by atoms with E-state index >= 15 is 0 Å². The molecule has 0 spiro atoms. The van der Waals surface area contributed by atoms with E-state index in [1.54, 1.807) is 12.4 Å². The monoisotopic (exact) mass is 324 g/mol. The van der Waals surface area contributed by atoms with Crippen LogP contribution in [-0.4, -0.2) is 28.3 Å². The molecule has 1 aliphatic rings. The molecule has 1 aliphatic heterocycles. The zero-order valence-electron chi connectivity index (χ0n) is 12.7. The smallest absolute Gasteiger partial charge is 0.129 e. The number of pyridine rings is 1. The average Bonchev–Trinajstić information content (AvgIpc) is 2.62. The van der Waals surface area contributed by atoms with Gasteiger partial charge >= 0.3 is 0 Å². The molecule has 0 radical (unpaired) electrons. The minimum absolute atomic E-state index is 0.739. The summed E-state index contributed by atoms with van der Waals surface area (Å²) in [5.74, 6) is 1.02. The van der Waals surface area contributed by atoms with Crippen molar-refractivity contribution in [2.24, 2.45) is 0 Å². The van der Waals surface area contributed by atoms with Crippen LogP contribution in [0, 0.1) is 0 Å². The molecule has 0 aliphatic carbocycles. The van der Waals surface area contributed by atoms with Gasteiger partial charge in [0.2, 0.25) is 0 Å². The fourth-order valence-electron chi connectivity index (χ4n) is 3.13. The molecule has 0 saturated carbocycles. The summed E-state index contributed by atoms with van der Waals surface area (Å²) in [6.45, 7) is 2.13. The van der Waals surface area contributed by atoms with E-state index in [9.17, 15) is 0 Å². The van der Waals surface area contributed by atoms with Crippen LogP contribution in [0.25, 0.3) is 22.0 Å². The number of piperidine rings is 1. The van der Waals surface area contributed by atoms with Gasteiger partial charge in [-0.15, -0.1) is 0 Å². The predicted octanol–water partition coefficient (Wildman–Crippen LogP) is 4.34. The van der Waals surface area contributed by atoms with E-state index in [-0.39, 0.29) is 0 Å². The fraction of sp³-hybridized carbons (Fsp3) is 0.278. The van der Waals surface area contributed by atoms with Crippen molar-refractivity contribution in [2.45, 2.75) is 19.3 Å². The first-order valence-electron chi connectivity index (χ1n) is 7.93. The van der Waals surface area contributed by atoms with Gasteiger partial charge in [0.1, 0.15) is 5.82 Å². The third-order valence-electron chi connectivity index (χ3n) is 4.34. The summed E-state index contributed by atoms with van der Waals surface area (Å²) in [6.07, 6.45) is 7.28. The number of nitrogens with zero attached hydrogens (tertiary/aromatic N) is 4. The predicted molar refractivity (Wildman–Crippen MR) is 93.8 cm³/mol. The fourth-order valence-corrected chi connectivity index (χ4v) is 3.25. The highest BCUT2D eigenvalue weighted by molar-refractivity contribution is 6.30. The Morgan fingerprint density at radius 1 is 0.913 bits per heavy atom. The highest BCUT2D eigenvalue weighted by Gasteiger charge is 2.15. The number of hydrogen-bond acceptors (Lipinski definition) is 4. The summed E-state index contributed by atoms with van der Waals surface area (Å²) in [5.41, 5.74) is 3.13. The molecule has 0 unspecified atom stereocenters. The van der Waals surface area contributed by atoms with Gasteiger partial charge in [0.05, 0.1) is 17.9 Å². The van der Waals surface area contributed by atoms with Crippen molar-refractivity contribution in [3.8, 4) is 11.1 Å². The first-order valence-corrected chi connectivity index (χ1v) is 8.31. The lowest BCUT2D eigenvalue weighted by Gasteiger charge is -2.28. The van der Waals surface area contributed by atoms with Gasteiger partial charge in [0, 0.05) is 23.5 Å². The lowest BCUT2D eigenvalue weighted by Crippen LogP contribution is -2.30. The van der Waals surface area contributed by atoms with Gasteiger partial charge in [-0.05, 0) is 48.6 Å². The number of fused-ring (bicyclic) bond motifs is 1. The van der Waals surface area contributed by atoms with Crippen LogP contribution >= 0.6 is 11.6 Å². The number of aromatic nitrogens is 3. The molecule has 0 amide bonds. The maximum Gasteiger partial charge on any atom is 0.129 e. The van der Waals surface area contributed by atoms with Gasteiger partial charge in [-0.1, -0.05) is 23.7 Å². The average molecular weight is 325 g/mol. The molecule has 3 aromatic rings. The SMILES string of the molecule is Clc1ccc(-c2cc(N3CCCCC3)nc3cnncc23)cc1. The summed E-state index contributed by atoms with van der Waals surface area (Å²) in [6, 6.07) is 10.1. The van der Waals surface area contributed by atoms with Gasteiger partial charge in [0.25, 0.3) is 0 Å². The minimum atomic E-state index is 0.739. The first kappa shape index (κ1) is 14.4. The topological polar surface area (TPSA) is 41.9 Å². The van der Waals surface area contributed by atoms with E-state index < -0.39 is 0 Å². The second-order valence-electron chi connectivity index (χ2n) is 5.87. The van der Waals surface area contributed by atoms with Crippen molar-refractivity contribution in [3.05, 3.63) is 47.7 Å². The number of anilines is 1. The van der Waals surface area contributed by atoms with E-state index in [4.69, 9.17) is 16.6 Å². The van der Waals surface area contributed by atoms with Crippen LogP contribution in [0.5, 0.6) is 0 Å².